The molecule has 0 aromatic heterocycles. The van der Waals surface area contributed by atoms with Crippen LogP contribution in [0.1, 0.15) is 58.3 Å². The van der Waals surface area contributed by atoms with Crippen molar-refractivity contribution in [3.8, 4) is 0 Å². The Bertz CT molecular complexity index is 134. The molecule has 0 amide bonds. The SMILES string of the molecule is CCC(=O)CCC1CCCCC1. The summed E-state index contributed by atoms with van der Waals surface area (Å²) in [5.74, 6) is 1.31. The van der Waals surface area contributed by atoms with Crippen LogP contribution in [0.4, 0.5) is 0 Å². The van der Waals surface area contributed by atoms with E-state index in [0.29, 0.717) is 5.78 Å². The maximum atomic E-state index is 11.1. The number of carbonyl (C=O) groups is 1. The molecule has 0 aromatic rings. The van der Waals surface area contributed by atoms with Gasteiger partial charge in [0.1, 0.15) is 5.78 Å². The monoisotopic (exact) mass is 168 g/mol. The second kappa shape index (κ2) is 5.34. The highest BCUT2D eigenvalue weighted by molar-refractivity contribution is 5.77. The third-order valence-electron chi connectivity index (χ3n) is 2.95. The van der Waals surface area contributed by atoms with E-state index in [1.165, 1.54) is 32.1 Å². The van der Waals surface area contributed by atoms with Crippen molar-refractivity contribution in [2.75, 3.05) is 0 Å². The molecule has 0 heterocycles. The lowest BCUT2D eigenvalue weighted by Gasteiger charge is -2.20. The van der Waals surface area contributed by atoms with E-state index in [4.69, 9.17) is 0 Å². The Morgan fingerprint density at radius 1 is 1.25 bits per heavy atom. The van der Waals surface area contributed by atoms with Crippen molar-refractivity contribution in [2.24, 2.45) is 5.92 Å². The second-order valence-corrected chi connectivity index (χ2v) is 3.93. The normalized spacial score (nSPS) is 19.4. The second-order valence-electron chi connectivity index (χ2n) is 3.93. The fourth-order valence-electron chi connectivity index (χ4n) is 2.02. The lowest BCUT2D eigenvalue weighted by atomic mass is 9.85. The maximum Gasteiger partial charge on any atom is 0.132 e. The van der Waals surface area contributed by atoms with Gasteiger partial charge in [-0.1, -0.05) is 39.0 Å². The third-order valence-corrected chi connectivity index (χ3v) is 2.95. The van der Waals surface area contributed by atoms with Gasteiger partial charge in [0.25, 0.3) is 0 Å². The molecule has 1 nitrogen and oxygen atoms in total. The Morgan fingerprint density at radius 2 is 1.92 bits per heavy atom. The molecule has 1 aliphatic rings. The van der Waals surface area contributed by atoms with Gasteiger partial charge in [-0.2, -0.15) is 0 Å². The number of Topliss-reactive ketones (excluding diaryl/α,β-unsaturated/α-hetero) is 1. The minimum Gasteiger partial charge on any atom is -0.300 e. The standard InChI is InChI=1S/C11H20O/c1-2-11(12)9-8-10-6-4-3-5-7-10/h10H,2-9H2,1H3. The highest BCUT2D eigenvalue weighted by Gasteiger charge is 2.13. The molecular formula is C11H20O. The van der Waals surface area contributed by atoms with E-state index >= 15 is 0 Å². The molecule has 0 aliphatic heterocycles. The summed E-state index contributed by atoms with van der Waals surface area (Å²) < 4.78 is 0. The Labute approximate surface area is 75.5 Å². The first kappa shape index (κ1) is 9.76. The van der Waals surface area contributed by atoms with Crippen LogP contribution < -0.4 is 0 Å². The van der Waals surface area contributed by atoms with E-state index in [-0.39, 0.29) is 0 Å². The van der Waals surface area contributed by atoms with E-state index in [1.54, 1.807) is 0 Å². The number of ketones is 1. The summed E-state index contributed by atoms with van der Waals surface area (Å²) in [5.41, 5.74) is 0. The van der Waals surface area contributed by atoms with Crippen LogP contribution in [-0.4, -0.2) is 5.78 Å². The zero-order valence-electron chi connectivity index (χ0n) is 8.14. The molecule has 0 saturated heterocycles. The van der Waals surface area contributed by atoms with Crippen LogP contribution >= 0.6 is 0 Å². The lowest BCUT2D eigenvalue weighted by Crippen LogP contribution is -2.08. The van der Waals surface area contributed by atoms with Crippen LogP contribution in [0.2, 0.25) is 0 Å². The summed E-state index contributed by atoms with van der Waals surface area (Å²) in [6, 6.07) is 0. The molecule has 0 atom stereocenters. The molecule has 1 heteroatoms. The zero-order chi connectivity index (χ0) is 8.81. The number of hydrogen-bond acceptors (Lipinski definition) is 1. The van der Waals surface area contributed by atoms with Crippen LogP contribution in [0, 0.1) is 5.92 Å². The molecule has 0 radical (unpaired) electrons. The average Bonchev–Trinajstić information content (AvgIpc) is 2.16. The summed E-state index contributed by atoms with van der Waals surface area (Å²) in [7, 11) is 0. The van der Waals surface area contributed by atoms with Gasteiger partial charge in [-0.15, -0.1) is 0 Å². The zero-order valence-corrected chi connectivity index (χ0v) is 8.14. The number of hydrogen-bond donors (Lipinski definition) is 0. The van der Waals surface area contributed by atoms with Gasteiger partial charge in [0.05, 0.1) is 0 Å². The van der Waals surface area contributed by atoms with E-state index in [0.717, 1.165) is 25.2 Å². The molecule has 0 N–H and O–H groups in total. The summed E-state index contributed by atoms with van der Waals surface area (Å²) in [6.45, 7) is 1.96. The largest absolute Gasteiger partial charge is 0.300 e. The molecule has 0 aromatic carbocycles. The van der Waals surface area contributed by atoms with Crippen molar-refractivity contribution in [3.05, 3.63) is 0 Å². The Morgan fingerprint density at radius 3 is 2.50 bits per heavy atom. The van der Waals surface area contributed by atoms with Gasteiger partial charge in [-0.25, -0.2) is 0 Å². The summed E-state index contributed by atoms with van der Waals surface area (Å²) in [6.07, 6.45) is 9.67. The van der Waals surface area contributed by atoms with Crippen molar-refractivity contribution < 1.29 is 4.79 Å². The van der Waals surface area contributed by atoms with Crippen molar-refractivity contribution in [1.82, 2.24) is 0 Å². The topological polar surface area (TPSA) is 17.1 Å². The predicted molar refractivity (Wildman–Crippen MR) is 51.1 cm³/mol. The van der Waals surface area contributed by atoms with Crippen molar-refractivity contribution >= 4 is 5.78 Å². The van der Waals surface area contributed by atoms with Gasteiger partial charge >= 0.3 is 0 Å². The molecule has 70 valence electrons. The third kappa shape index (κ3) is 3.38. The minimum atomic E-state index is 0.445. The number of carbonyl (C=O) groups excluding carboxylic acids is 1. The summed E-state index contributed by atoms with van der Waals surface area (Å²) in [4.78, 5) is 11.1. The number of rotatable bonds is 4. The quantitative estimate of drug-likeness (QED) is 0.629. The first-order valence-electron chi connectivity index (χ1n) is 5.34. The van der Waals surface area contributed by atoms with Crippen LogP contribution in [-0.2, 0) is 4.79 Å². The molecule has 1 aliphatic carbocycles. The van der Waals surface area contributed by atoms with E-state index in [9.17, 15) is 4.79 Å². The minimum absolute atomic E-state index is 0.445. The van der Waals surface area contributed by atoms with Crippen molar-refractivity contribution in [3.63, 3.8) is 0 Å². The summed E-state index contributed by atoms with van der Waals surface area (Å²) >= 11 is 0. The van der Waals surface area contributed by atoms with Crippen LogP contribution in [0.25, 0.3) is 0 Å². The Hall–Kier alpha value is -0.330. The predicted octanol–water partition coefficient (Wildman–Crippen LogP) is 3.33. The fraction of sp³-hybridized carbons (Fsp3) is 0.909. The van der Waals surface area contributed by atoms with Gasteiger partial charge in [0.15, 0.2) is 0 Å². The van der Waals surface area contributed by atoms with Gasteiger partial charge in [-0.3, -0.25) is 4.79 Å². The molecule has 1 saturated carbocycles. The maximum absolute atomic E-state index is 11.1. The van der Waals surface area contributed by atoms with Crippen LogP contribution in [0.5, 0.6) is 0 Å². The molecule has 1 rings (SSSR count). The van der Waals surface area contributed by atoms with Crippen LogP contribution in [0.3, 0.4) is 0 Å². The smallest absolute Gasteiger partial charge is 0.132 e. The van der Waals surface area contributed by atoms with Crippen molar-refractivity contribution in [2.45, 2.75) is 58.3 Å². The molecule has 0 bridgehead atoms. The molecule has 0 spiro atoms. The van der Waals surface area contributed by atoms with Crippen molar-refractivity contribution in [1.29, 1.82) is 0 Å². The first-order chi connectivity index (χ1) is 5.83. The Kier molecular flexibility index (Phi) is 4.34. The van der Waals surface area contributed by atoms with Gasteiger partial charge in [0.2, 0.25) is 0 Å². The fourth-order valence-corrected chi connectivity index (χ4v) is 2.02. The van der Waals surface area contributed by atoms with E-state index in [2.05, 4.69) is 0 Å². The van der Waals surface area contributed by atoms with E-state index < -0.39 is 0 Å². The van der Waals surface area contributed by atoms with Crippen LogP contribution in [0.15, 0.2) is 0 Å². The molecule has 0 unspecified atom stereocenters. The summed E-state index contributed by atoms with van der Waals surface area (Å²) in [5, 5.41) is 0. The van der Waals surface area contributed by atoms with Gasteiger partial charge in [-0.05, 0) is 12.3 Å². The molecule has 1 fully saturated rings. The first-order valence-corrected chi connectivity index (χ1v) is 5.34. The highest BCUT2D eigenvalue weighted by Crippen LogP contribution is 2.27. The highest BCUT2D eigenvalue weighted by atomic mass is 16.1. The lowest BCUT2D eigenvalue weighted by molar-refractivity contribution is -0.119. The Balaban J connectivity index is 2.09. The molecular weight excluding hydrogens is 148 g/mol. The average molecular weight is 168 g/mol. The molecule has 12 heavy (non-hydrogen) atoms. The van der Waals surface area contributed by atoms with E-state index in [1.807, 2.05) is 6.92 Å². The van der Waals surface area contributed by atoms with Gasteiger partial charge in [0, 0.05) is 12.8 Å². The van der Waals surface area contributed by atoms with Gasteiger partial charge < -0.3 is 0 Å².